The third-order valence-corrected chi connectivity index (χ3v) is 10.7. The second-order valence-electron chi connectivity index (χ2n) is 16.8. The van der Waals surface area contributed by atoms with Crippen molar-refractivity contribution >= 4 is 17.9 Å². The molecule has 1 atom stereocenters. The van der Waals surface area contributed by atoms with Crippen molar-refractivity contribution in [2.24, 2.45) is 0 Å². The largest absolute Gasteiger partial charge is 0.462 e. The van der Waals surface area contributed by atoms with Gasteiger partial charge in [0.1, 0.15) is 13.2 Å². The molecule has 63 heavy (non-hydrogen) atoms. The molecule has 6 nitrogen and oxygen atoms in total. The Kier molecular flexibility index (Phi) is 48.0. The summed E-state index contributed by atoms with van der Waals surface area (Å²) in [6.07, 6.45) is 66.7. The van der Waals surface area contributed by atoms with Gasteiger partial charge in [-0.15, -0.1) is 0 Å². The Morgan fingerprint density at radius 1 is 0.349 bits per heavy atom. The van der Waals surface area contributed by atoms with Gasteiger partial charge >= 0.3 is 17.9 Å². The van der Waals surface area contributed by atoms with Gasteiger partial charge in [-0.05, 0) is 77.0 Å². The summed E-state index contributed by atoms with van der Waals surface area (Å²) >= 11 is 0. The number of esters is 3. The molecule has 0 aromatic rings. The van der Waals surface area contributed by atoms with Gasteiger partial charge in [-0.25, -0.2) is 0 Å². The van der Waals surface area contributed by atoms with E-state index in [0.29, 0.717) is 19.3 Å². The molecule has 0 saturated heterocycles. The molecule has 0 spiro atoms. The first-order valence-corrected chi connectivity index (χ1v) is 25.8. The molecular weight excluding hydrogens is 781 g/mol. The summed E-state index contributed by atoms with van der Waals surface area (Å²) in [7, 11) is 0. The van der Waals surface area contributed by atoms with Gasteiger partial charge in [-0.1, -0.05) is 227 Å². The number of hydrogen-bond acceptors (Lipinski definition) is 6. The summed E-state index contributed by atoms with van der Waals surface area (Å²) in [6, 6.07) is 0. The van der Waals surface area contributed by atoms with E-state index in [1.54, 1.807) is 0 Å². The molecule has 0 aliphatic rings. The molecule has 0 aromatic carbocycles. The van der Waals surface area contributed by atoms with Crippen LogP contribution in [0.15, 0.2) is 97.2 Å². The number of carbonyl (C=O) groups excluding carboxylic acids is 3. The van der Waals surface area contributed by atoms with Gasteiger partial charge < -0.3 is 14.2 Å². The Labute approximate surface area is 387 Å². The molecule has 6 heteroatoms. The van der Waals surface area contributed by atoms with Gasteiger partial charge in [0.2, 0.25) is 0 Å². The molecule has 0 bridgehead atoms. The summed E-state index contributed by atoms with van der Waals surface area (Å²) < 4.78 is 16.7. The Morgan fingerprint density at radius 2 is 0.698 bits per heavy atom. The highest BCUT2D eigenvalue weighted by Gasteiger charge is 2.19. The molecule has 0 rings (SSSR count). The third-order valence-electron chi connectivity index (χ3n) is 10.7. The van der Waals surface area contributed by atoms with Gasteiger partial charge in [0.05, 0.1) is 0 Å². The summed E-state index contributed by atoms with van der Waals surface area (Å²) in [5, 5.41) is 0. The quantitative estimate of drug-likeness (QED) is 0.0199. The first-order valence-electron chi connectivity index (χ1n) is 25.8. The maximum absolute atomic E-state index is 12.8. The smallest absolute Gasteiger partial charge is 0.306 e. The van der Waals surface area contributed by atoms with Crippen LogP contribution in [0.25, 0.3) is 0 Å². The van der Waals surface area contributed by atoms with Crippen molar-refractivity contribution in [3.05, 3.63) is 97.2 Å². The molecule has 0 amide bonds. The van der Waals surface area contributed by atoms with Crippen LogP contribution in [0.2, 0.25) is 0 Å². The minimum Gasteiger partial charge on any atom is -0.462 e. The van der Waals surface area contributed by atoms with E-state index in [9.17, 15) is 14.4 Å². The van der Waals surface area contributed by atoms with Crippen LogP contribution in [0, 0.1) is 0 Å². The van der Waals surface area contributed by atoms with E-state index >= 15 is 0 Å². The summed E-state index contributed by atoms with van der Waals surface area (Å²) in [4.78, 5) is 38.0. The molecule has 0 saturated carbocycles. The molecule has 0 aliphatic heterocycles. The van der Waals surface area contributed by atoms with E-state index in [2.05, 4.69) is 81.5 Å². The number of unbranched alkanes of at least 4 members (excludes halogenated alkanes) is 21. The van der Waals surface area contributed by atoms with E-state index < -0.39 is 6.10 Å². The van der Waals surface area contributed by atoms with E-state index in [4.69, 9.17) is 14.2 Å². The average molecular weight is 875 g/mol. The fourth-order valence-corrected chi connectivity index (χ4v) is 6.85. The van der Waals surface area contributed by atoms with Crippen LogP contribution >= 0.6 is 0 Å². The minimum atomic E-state index is -0.802. The molecule has 358 valence electrons. The fourth-order valence-electron chi connectivity index (χ4n) is 6.85. The van der Waals surface area contributed by atoms with Crippen molar-refractivity contribution < 1.29 is 28.6 Å². The van der Waals surface area contributed by atoms with E-state index in [0.717, 1.165) is 103 Å². The maximum atomic E-state index is 12.8. The second kappa shape index (κ2) is 51.0. The number of rotatable bonds is 45. The van der Waals surface area contributed by atoms with Crippen molar-refractivity contribution in [2.45, 2.75) is 232 Å². The van der Waals surface area contributed by atoms with E-state index in [1.165, 1.54) is 77.0 Å². The standard InChI is InChI=1S/C57H94O6/c1-4-7-10-13-16-19-22-25-26-27-28-29-30-33-35-38-41-44-47-50-56(59)62-53-54(63-57(60)51-48-45-42-39-36-32-24-21-18-15-12-9-6-3)52-61-55(58)49-46-43-40-37-34-31-23-20-17-14-11-8-5-2/h7,9-10,12,15-16,18-19,21,24-26,28-29,32,36,54H,4-6,8,11,13-14,17,20,22-23,27,30-31,33-35,37-53H2,1-3H3/b10-7-,12-9-,18-15-,19-16-,24-21-,26-25-,29-28-,36-32-. The maximum Gasteiger partial charge on any atom is 0.306 e. The monoisotopic (exact) mass is 875 g/mol. The van der Waals surface area contributed by atoms with Gasteiger partial charge in [0.15, 0.2) is 6.10 Å². The number of allylic oxidation sites excluding steroid dienone is 16. The normalized spacial score (nSPS) is 12.9. The van der Waals surface area contributed by atoms with Crippen LogP contribution in [0.1, 0.15) is 226 Å². The second-order valence-corrected chi connectivity index (χ2v) is 16.8. The lowest BCUT2D eigenvalue weighted by atomic mass is 10.0. The molecule has 0 aromatic heterocycles. The molecule has 0 aliphatic carbocycles. The van der Waals surface area contributed by atoms with Crippen LogP contribution in [0.3, 0.4) is 0 Å². The van der Waals surface area contributed by atoms with Gasteiger partial charge in [0, 0.05) is 19.3 Å². The Bertz CT molecular complexity index is 1280. The van der Waals surface area contributed by atoms with Crippen molar-refractivity contribution in [3.8, 4) is 0 Å². The summed E-state index contributed by atoms with van der Waals surface area (Å²) in [6.45, 7) is 6.33. The number of carbonyl (C=O) groups is 3. The van der Waals surface area contributed by atoms with Crippen molar-refractivity contribution in [1.29, 1.82) is 0 Å². The van der Waals surface area contributed by atoms with Crippen LogP contribution in [-0.4, -0.2) is 37.2 Å². The third kappa shape index (κ3) is 49.2. The first-order chi connectivity index (χ1) is 31.0. The lowest BCUT2D eigenvalue weighted by Crippen LogP contribution is -2.30. The molecule has 1 unspecified atom stereocenters. The van der Waals surface area contributed by atoms with Crippen molar-refractivity contribution in [1.82, 2.24) is 0 Å². The summed E-state index contributed by atoms with van der Waals surface area (Å²) in [5.41, 5.74) is 0. The Balaban J connectivity index is 4.44. The van der Waals surface area contributed by atoms with Crippen molar-refractivity contribution in [3.63, 3.8) is 0 Å². The minimum absolute atomic E-state index is 0.0976. The molecular formula is C57H94O6. The van der Waals surface area contributed by atoms with E-state index in [-0.39, 0.29) is 37.5 Å². The molecule has 0 heterocycles. The van der Waals surface area contributed by atoms with Gasteiger partial charge in [0.25, 0.3) is 0 Å². The Hall–Kier alpha value is -3.67. The molecule has 0 radical (unpaired) electrons. The highest BCUT2D eigenvalue weighted by Crippen LogP contribution is 2.14. The average Bonchev–Trinajstić information content (AvgIpc) is 3.28. The van der Waals surface area contributed by atoms with Gasteiger partial charge in [-0.2, -0.15) is 0 Å². The molecule has 0 fully saturated rings. The predicted octanol–water partition coefficient (Wildman–Crippen LogP) is 17.0. The topological polar surface area (TPSA) is 78.9 Å². The zero-order valence-corrected chi connectivity index (χ0v) is 40.8. The lowest BCUT2D eigenvalue weighted by molar-refractivity contribution is -0.167. The van der Waals surface area contributed by atoms with Crippen LogP contribution in [-0.2, 0) is 28.6 Å². The van der Waals surface area contributed by atoms with Crippen LogP contribution in [0.4, 0.5) is 0 Å². The molecule has 0 N–H and O–H groups in total. The van der Waals surface area contributed by atoms with Crippen molar-refractivity contribution in [2.75, 3.05) is 13.2 Å². The lowest BCUT2D eigenvalue weighted by Gasteiger charge is -2.18. The van der Waals surface area contributed by atoms with Crippen LogP contribution < -0.4 is 0 Å². The fraction of sp³-hybridized carbons (Fsp3) is 0.667. The zero-order valence-electron chi connectivity index (χ0n) is 40.8. The first kappa shape index (κ1) is 59.3. The van der Waals surface area contributed by atoms with Crippen LogP contribution in [0.5, 0.6) is 0 Å². The highest BCUT2D eigenvalue weighted by molar-refractivity contribution is 5.71. The van der Waals surface area contributed by atoms with E-state index in [1.807, 2.05) is 36.5 Å². The number of ether oxygens (including phenoxy) is 3. The zero-order chi connectivity index (χ0) is 45.8. The Morgan fingerprint density at radius 3 is 1.17 bits per heavy atom. The van der Waals surface area contributed by atoms with Gasteiger partial charge in [-0.3, -0.25) is 14.4 Å². The SMILES string of the molecule is CC\C=C/C=C\C=C/C=C\CCCCCC(=O)OC(COC(=O)CCCCCCCC/C=C\C/C=C\C/C=C\C/C=C\CC)COC(=O)CCCCCCCCCCCCCCC. The highest BCUT2D eigenvalue weighted by atomic mass is 16.6. The predicted molar refractivity (Wildman–Crippen MR) is 270 cm³/mol. The number of hydrogen-bond donors (Lipinski definition) is 0. The summed E-state index contributed by atoms with van der Waals surface area (Å²) in [5.74, 6) is -0.954.